The lowest BCUT2D eigenvalue weighted by atomic mass is 10.0. The molecule has 2 aliphatic heterocycles. The standard InChI is InChI=1S/C17H16N2O4/c1-5-23-17(21)15-9(3)13-8(2)14-10(6-11(13)18-15)7-12(19-14)16(20)22-4/h6-7H,5H2,1-4H3. The Morgan fingerprint density at radius 1 is 1.17 bits per heavy atom. The second-order valence-corrected chi connectivity index (χ2v) is 5.27. The van der Waals surface area contributed by atoms with E-state index < -0.39 is 11.9 Å². The fraction of sp³-hybridized carbons (Fsp3) is 0.294. The molecule has 118 valence electrons. The number of aliphatic imine (C=N–C) groups is 2. The molecule has 0 aromatic heterocycles. The van der Waals surface area contributed by atoms with E-state index in [-0.39, 0.29) is 5.71 Å². The maximum atomic E-state index is 12.0. The third-order valence-electron chi connectivity index (χ3n) is 3.90. The molecule has 0 N–H and O–H groups in total. The van der Waals surface area contributed by atoms with Gasteiger partial charge in [-0.15, -0.1) is 0 Å². The summed E-state index contributed by atoms with van der Waals surface area (Å²) < 4.78 is 9.75. The van der Waals surface area contributed by atoms with Crippen molar-refractivity contribution in [3.05, 3.63) is 22.1 Å². The van der Waals surface area contributed by atoms with Crippen molar-refractivity contribution in [2.45, 2.75) is 20.8 Å². The molecule has 2 aliphatic rings. The van der Waals surface area contributed by atoms with Crippen LogP contribution in [-0.2, 0) is 19.1 Å². The minimum absolute atomic E-state index is 0.265. The Labute approximate surface area is 132 Å². The number of ether oxygens (including phenoxy) is 2. The van der Waals surface area contributed by atoms with Gasteiger partial charge in [-0.05, 0) is 44.1 Å². The highest BCUT2D eigenvalue weighted by molar-refractivity contribution is 6.53. The molecule has 0 spiro atoms. The van der Waals surface area contributed by atoms with Crippen LogP contribution in [0.2, 0.25) is 0 Å². The van der Waals surface area contributed by atoms with Gasteiger partial charge in [-0.1, -0.05) is 0 Å². The van der Waals surface area contributed by atoms with Crippen molar-refractivity contribution in [3.8, 4) is 0 Å². The normalized spacial score (nSPS) is 14.5. The monoisotopic (exact) mass is 312 g/mol. The van der Waals surface area contributed by atoms with Crippen molar-refractivity contribution in [2.24, 2.45) is 9.98 Å². The van der Waals surface area contributed by atoms with E-state index in [9.17, 15) is 9.59 Å². The summed E-state index contributed by atoms with van der Waals surface area (Å²) in [6.45, 7) is 5.80. The molecule has 0 fully saturated rings. The molecule has 0 radical (unpaired) electrons. The van der Waals surface area contributed by atoms with E-state index in [0.29, 0.717) is 23.7 Å². The zero-order chi connectivity index (χ0) is 16.7. The van der Waals surface area contributed by atoms with Gasteiger partial charge >= 0.3 is 11.9 Å². The van der Waals surface area contributed by atoms with E-state index in [1.165, 1.54) is 7.11 Å². The van der Waals surface area contributed by atoms with Crippen molar-refractivity contribution in [1.82, 2.24) is 0 Å². The summed E-state index contributed by atoms with van der Waals surface area (Å²) >= 11 is 0. The van der Waals surface area contributed by atoms with Crippen LogP contribution in [0.25, 0.3) is 11.6 Å². The fourth-order valence-corrected chi connectivity index (χ4v) is 2.86. The summed E-state index contributed by atoms with van der Waals surface area (Å²) in [4.78, 5) is 32.4. The van der Waals surface area contributed by atoms with Crippen LogP contribution in [-0.4, -0.2) is 37.1 Å². The molecule has 0 saturated carbocycles. The summed E-state index contributed by atoms with van der Waals surface area (Å²) in [5, 5.41) is 1.67. The molecule has 0 saturated heterocycles. The van der Waals surface area contributed by atoms with Gasteiger partial charge in [-0.3, -0.25) is 0 Å². The first-order valence-corrected chi connectivity index (χ1v) is 7.27. The second kappa shape index (κ2) is 5.46. The first kappa shape index (κ1) is 15.1. The van der Waals surface area contributed by atoms with Crippen molar-refractivity contribution >= 4 is 46.4 Å². The van der Waals surface area contributed by atoms with E-state index in [0.717, 1.165) is 21.6 Å². The predicted octanol–water partition coefficient (Wildman–Crippen LogP) is 0.854. The number of hydrogen-bond donors (Lipinski definition) is 0. The molecule has 0 bridgehead atoms. The van der Waals surface area contributed by atoms with E-state index >= 15 is 0 Å². The van der Waals surface area contributed by atoms with Crippen LogP contribution in [0.4, 0.5) is 11.4 Å². The molecular weight excluding hydrogens is 296 g/mol. The number of benzene rings is 1. The van der Waals surface area contributed by atoms with Gasteiger partial charge in [0.1, 0.15) is 5.71 Å². The average molecular weight is 312 g/mol. The smallest absolute Gasteiger partial charge is 0.357 e. The highest BCUT2D eigenvalue weighted by Crippen LogP contribution is 2.24. The summed E-state index contributed by atoms with van der Waals surface area (Å²) in [6.07, 6.45) is 1.67. The van der Waals surface area contributed by atoms with Crippen molar-refractivity contribution < 1.29 is 19.1 Å². The minimum atomic E-state index is -0.475. The number of carbonyl (C=O) groups excluding carboxylic acids is 2. The topological polar surface area (TPSA) is 77.3 Å². The SMILES string of the molecule is CCOC(=O)C1=Nc2cc3c(c(C)c2=C1C)N=C(C(=O)OC)C=3. The zero-order valence-corrected chi connectivity index (χ0v) is 13.4. The highest BCUT2D eigenvalue weighted by atomic mass is 16.5. The third-order valence-corrected chi connectivity index (χ3v) is 3.90. The number of rotatable bonds is 3. The molecule has 1 aromatic carbocycles. The van der Waals surface area contributed by atoms with Crippen LogP contribution in [0.3, 0.4) is 0 Å². The van der Waals surface area contributed by atoms with Gasteiger partial charge in [-0.2, -0.15) is 0 Å². The van der Waals surface area contributed by atoms with Gasteiger partial charge in [0.25, 0.3) is 0 Å². The summed E-state index contributed by atoms with van der Waals surface area (Å²) in [7, 11) is 1.32. The molecule has 23 heavy (non-hydrogen) atoms. The second-order valence-electron chi connectivity index (χ2n) is 5.27. The Bertz CT molecular complexity index is 923. The fourth-order valence-electron chi connectivity index (χ4n) is 2.86. The first-order chi connectivity index (χ1) is 11.0. The van der Waals surface area contributed by atoms with Crippen molar-refractivity contribution in [3.63, 3.8) is 0 Å². The molecule has 0 unspecified atom stereocenters. The van der Waals surface area contributed by atoms with Crippen LogP contribution in [0.5, 0.6) is 0 Å². The van der Waals surface area contributed by atoms with Crippen LogP contribution < -0.4 is 10.4 Å². The molecule has 6 heteroatoms. The number of nitrogens with zero attached hydrogens (tertiary/aromatic N) is 2. The minimum Gasteiger partial charge on any atom is -0.464 e. The molecular formula is C17H16N2O4. The third kappa shape index (κ3) is 2.27. The van der Waals surface area contributed by atoms with E-state index in [1.54, 1.807) is 13.0 Å². The van der Waals surface area contributed by atoms with Crippen LogP contribution in [0, 0.1) is 6.92 Å². The molecule has 0 aliphatic carbocycles. The number of methoxy groups -OCH3 is 1. The number of esters is 2. The summed E-state index contributed by atoms with van der Waals surface area (Å²) in [6, 6.07) is 1.83. The van der Waals surface area contributed by atoms with Gasteiger partial charge in [0.05, 0.1) is 25.1 Å². The first-order valence-electron chi connectivity index (χ1n) is 7.27. The maximum Gasteiger partial charge on any atom is 0.357 e. The van der Waals surface area contributed by atoms with Gasteiger partial charge in [0.15, 0.2) is 5.71 Å². The average Bonchev–Trinajstić information content (AvgIpc) is 3.09. The summed E-state index contributed by atoms with van der Waals surface area (Å²) in [5.74, 6) is -0.902. The lowest BCUT2D eigenvalue weighted by Gasteiger charge is -2.03. The number of carbonyl (C=O) groups is 2. The number of hydrogen-bond acceptors (Lipinski definition) is 6. The Morgan fingerprint density at radius 3 is 2.57 bits per heavy atom. The van der Waals surface area contributed by atoms with Gasteiger partial charge in [0.2, 0.25) is 0 Å². The Balaban J connectivity index is 2.16. The molecule has 0 amide bonds. The lowest BCUT2D eigenvalue weighted by molar-refractivity contribution is -0.135. The van der Waals surface area contributed by atoms with Crippen LogP contribution in [0.15, 0.2) is 16.1 Å². The molecule has 6 nitrogen and oxygen atoms in total. The highest BCUT2D eigenvalue weighted by Gasteiger charge is 2.25. The lowest BCUT2D eigenvalue weighted by Crippen LogP contribution is -2.20. The molecule has 1 aromatic rings. The summed E-state index contributed by atoms with van der Waals surface area (Å²) in [5.41, 5.74) is 3.64. The van der Waals surface area contributed by atoms with Crippen molar-refractivity contribution in [1.29, 1.82) is 0 Å². The maximum absolute atomic E-state index is 12.0. The van der Waals surface area contributed by atoms with E-state index in [2.05, 4.69) is 9.98 Å². The molecule has 2 heterocycles. The van der Waals surface area contributed by atoms with Gasteiger partial charge < -0.3 is 9.47 Å². The zero-order valence-electron chi connectivity index (χ0n) is 13.4. The molecule has 3 rings (SSSR count). The van der Waals surface area contributed by atoms with Crippen molar-refractivity contribution in [2.75, 3.05) is 13.7 Å². The van der Waals surface area contributed by atoms with Gasteiger partial charge in [0, 0.05) is 10.4 Å². The predicted molar refractivity (Wildman–Crippen MR) is 86.8 cm³/mol. The molecule has 0 atom stereocenters. The largest absolute Gasteiger partial charge is 0.464 e. The quantitative estimate of drug-likeness (QED) is 0.775. The van der Waals surface area contributed by atoms with Gasteiger partial charge in [-0.25, -0.2) is 19.6 Å². The van der Waals surface area contributed by atoms with Crippen LogP contribution >= 0.6 is 0 Å². The Hall–Kier alpha value is -2.76. The van der Waals surface area contributed by atoms with E-state index in [4.69, 9.17) is 9.47 Å². The number of fused-ring (bicyclic) bond motifs is 2. The van der Waals surface area contributed by atoms with E-state index in [1.807, 2.05) is 19.9 Å². The Kier molecular flexibility index (Phi) is 3.60. The van der Waals surface area contributed by atoms with Crippen LogP contribution in [0.1, 0.15) is 19.4 Å². The Morgan fingerprint density at radius 2 is 1.91 bits per heavy atom.